The van der Waals surface area contributed by atoms with Gasteiger partial charge < -0.3 is 10.0 Å². The van der Waals surface area contributed by atoms with Crippen LogP contribution in [0.1, 0.15) is 23.2 Å². The van der Waals surface area contributed by atoms with Crippen LogP contribution < -0.4 is 4.90 Å². The lowest BCUT2D eigenvalue weighted by Gasteiger charge is -2.35. The fraction of sp³-hybridized carbons (Fsp3) is 0.368. The zero-order chi connectivity index (χ0) is 16.5. The molecule has 1 saturated heterocycles. The first-order valence-electron chi connectivity index (χ1n) is 8.49. The van der Waals surface area contributed by atoms with Crippen LogP contribution in [0.15, 0.2) is 42.6 Å². The molecule has 24 heavy (non-hydrogen) atoms. The van der Waals surface area contributed by atoms with E-state index in [1.807, 2.05) is 18.3 Å². The molecule has 2 aliphatic rings. The van der Waals surface area contributed by atoms with Gasteiger partial charge in [-0.15, -0.1) is 0 Å². The third-order valence-corrected chi connectivity index (χ3v) is 4.91. The maximum Gasteiger partial charge on any atom is 0.335 e. The van der Waals surface area contributed by atoms with Crippen molar-refractivity contribution in [3.05, 3.63) is 48.2 Å². The number of rotatable bonds is 4. The average molecular weight is 323 g/mol. The lowest BCUT2D eigenvalue weighted by Crippen LogP contribution is -2.47. The van der Waals surface area contributed by atoms with Gasteiger partial charge >= 0.3 is 5.97 Å². The van der Waals surface area contributed by atoms with Crippen molar-refractivity contribution >= 4 is 11.8 Å². The van der Waals surface area contributed by atoms with Crippen molar-refractivity contribution in [1.29, 1.82) is 0 Å². The summed E-state index contributed by atoms with van der Waals surface area (Å²) >= 11 is 0. The van der Waals surface area contributed by atoms with Crippen LogP contribution in [0.3, 0.4) is 0 Å². The fourth-order valence-electron chi connectivity index (χ4n) is 3.30. The molecule has 5 heteroatoms. The summed E-state index contributed by atoms with van der Waals surface area (Å²) in [7, 11) is 0. The summed E-state index contributed by atoms with van der Waals surface area (Å²) in [6.45, 7) is 4.34. The minimum atomic E-state index is -0.902. The second kappa shape index (κ2) is 6.24. The molecule has 0 unspecified atom stereocenters. The van der Waals surface area contributed by atoms with Crippen molar-refractivity contribution in [3.8, 4) is 11.1 Å². The van der Waals surface area contributed by atoms with Crippen molar-refractivity contribution in [2.24, 2.45) is 0 Å². The molecule has 0 bridgehead atoms. The number of carboxylic acids is 1. The van der Waals surface area contributed by atoms with Crippen molar-refractivity contribution < 1.29 is 9.90 Å². The standard InChI is InChI=1S/C19H21N3O2/c23-19(24)15-3-1-14(2-4-15)16-5-8-18(20-13-16)22-11-9-21(10-12-22)17-6-7-17/h1-5,8,13,17H,6-7,9-12H2,(H,23,24). The lowest BCUT2D eigenvalue weighted by atomic mass is 10.1. The van der Waals surface area contributed by atoms with Crippen molar-refractivity contribution in [2.45, 2.75) is 18.9 Å². The normalized spacial score (nSPS) is 18.6. The molecule has 1 saturated carbocycles. The monoisotopic (exact) mass is 323 g/mol. The minimum Gasteiger partial charge on any atom is -0.478 e. The third-order valence-electron chi connectivity index (χ3n) is 4.91. The molecule has 1 aromatic carbocycles. The number of carboxylic acid groups (broad SMARTS) is 1. The van der Waals surface area contributed by atoms with E-state index in [1.165, 1.54) is 12.8 Å². The van der Waals surface area contributed by atoms with Gasteiger partial charge in [0.25, 0.3) is 0 Å². The molecule has 0 radical (unpaired) electrons. The summed E-state index contributed by atoms with van der Waals surface area (Å²) < 4.78 is 0. The van der Waals surface area contributed by atoms with E-state index in [0.717, 1.165) is 49.2 Å². The number of piperazine rings is 1. The second-order valence-corrected chi connectivity index (χ2v) is 6.54. The van der Waals surface area contributed by atoms with Crippen LogP contribution in [0.5, 0.6) is 0 Å². The van der Waals surface area contributed by atoms with Crippen molar-refractivity contribution in [1.82, 2.24) is 9.88 Å². The van der Waals surface area contributed by atoms with Crippen LogP contribution in [0.25, 0.3) is 11.1 Å². The predicted octanol–water partition coefficient (Wildman–Crippen LogP) is 2.73. The highest BCUT2D eigenvalue weighted by atomic mass is 16.4. The van der Waals surface area contributed by atoms with E-state index in [9.17, 15) is 4.79 Å². The van der Waals surface area contributed by atoms with Crippen LogP contribution in [0.4, 0.5) is 5.82 Å². The van der Waals surface area contributed by atoms with E-state index in [2.05, 4.69) is 26.9 Å². The molecule has 5 nitrogen and oxygen atoms in total. The molecule has 0 spiro atoms. The number of pyridine rings is 1. The van der Waals surface area contributed by atoms with E-state index in [1.54, 1.807) is 12.1 Å². The van der Waals surface area contributed by atoms with Crippen LogP contribution >= 0.6 is 0 Å². The van der Waals surface area contributed by atoms with Crippen LogP contribution in [-0.4, -0.2) is 53.2 Å². The molecule has 0 amide bonds. The molecule has 1 N–H and O–H groups in total. The van der Waals surface area contributed by atoms with Crippen molar-refractivity contribution in [2.75, 3.05) is 31.1 Å². The maximum atomic E-state index is 10.9. The van der Waals surface area contributed by atoms with Gasteiger partial charge in [0.1, 0.15) is 5.82 Å². The Balaban J connectivity index is 1.43. The number of aromatic nitrogens is 1. The van der Waals surface area contributed by atoms with Gasteiger partial charge in [-0.05, 0) is 42.7 Å². The number of aromatic carboxylic acids is 1. The van der Waals surface area contributed by atoms with E-state index < -0.39 is 5.97 Å². The second-order valence-electron chi connectivity index (χ2n) is 6.54. The molecule has 2 heterocycles. The topological polar surface area (TPSA) is 56.7 Å². The molecule has 1 aromatic heterocycles. The maximum absolute atomic E-state index is 10.9. The molecule has 0 atom stereocenters. The minimum absolute atomic E-state index is 0.303. The summed E-state index contributed by atoms with van der Waals surface area (Å²) in [5.41, 5.74) is 2.29. The smallest absolute Gasteiger partial charge is 0.335 e. The van der Waals surface area contributed by atoms with Crippen LogP contribution in [0.2, 0.25) is 0 Å². The highest BCUT2D eigenvalue weighted by Gasteiger charge is 2.31. The Kier molecular flexibility index (Phi) is 3.94. The lowest BCUT2D eigenvalue weighted by molar-refractivity contribution is 0.0697. The summed E-state index contributed by atoms with van der Waals surface area (Å²) in [5, 5.41) is 8.96. The molecular weight excluding hydrogens is 302 g/mol. The van der Waals surface area contributed by atoms with Gasteiger partial charge in [0.15, 0.2) is 0 Å². The number of carbonyl (C=O) groups is 1. The van der Waals surface area contributed by atoms with Crippen molar-refractivity contribution in [3.63, 3.8) is 0 Å². The van der Waals surface area contributed by atoms with Crippen LogP contribution in [-0.2, 0) is 0 Å². The molecule has 4 rings (SSSR count). The SMILES string of the molecule is O=C(O)c1ccc(-c2ccc(N3CCN(C4CC4)CC3)nc2)cc1. The number of hydrogen-bond donors (Lipinski definition) is 1. The average Bonchev–Trinajstić information content (AvgIpc) is 3.47. The van der Waals surface area contributed by atoms with Gasteiger partial charge in [0.2, 0.25) is 0 Å². The van der Waals surface area contributed by atoms with Gasteiger partial charge in [-0.1, -0.05) is 12.1 Å². The number of anilines is 1. The molecule has 1 aliphatic heterocycles. The van der Waals surface area contributed by atoms with E-state index in [4.69, 9.17) is 5.11 Å². The zero-order valence-electron chi connectivity index (χ0n) is 13.6. The molecule has 1 aliphatic carbocycles. The summed E-state index contributed by atoms with van der Waals surface area (Å²) in [5.74, 6) is 0.122. The van der Waals surface area contributed by atoms with E-state index in [0.29, 0.717) is 5.56 Å². The Morgan fingerprint density at radius 2 is 1.62 bits per heavy atom. The first-order valence-corrected chi connectivity index (χ1v) is 8.49. The Bertz CT molecular complexity index is 715. The van der Waals surface area contributed by atoms with E-state index >= 15 is 0 Å². The summed E-state index contributed by atoms with van der Waals surface area (Å²) in [4.78, 5) is 20.5. The predicted molar refractivity (Wildman–Crippen MR) is 93.4 cm³/mol. The molecule has 2 fully saturated rings. The van der Waals surface area contributed by atoms with Gasteiger partial charge in [-0.3, -0.25) is 4.90 Å². The summed E-state index contributed by atoms with van der Waals surface area (Å²) in [6.07, 6.45) is 4.61. The quantitative estimate of drug-likeness (QED) is 0.937. The Morgan fingerprint density at radius 1 is 0.958 bits per heavy atom. The van der Waals surface area contributed by atoms with Crippen LogP contribution in [0, 0.1) is 0 Å². The van der Waals surface area contributed by atoms with Gasteiger partial charge in [0.05, 0.1) is 5.56 Å². The highest BCUT2D eigenvalue weighted by Crippen LogP contribution is 2.28. The molecule has 124 valence electrons. The molecule has 2 aromatic rings. The zero-order valence-corrected chi connectivity index (χ0v) is 13.6. The van der Waals surface area contributed by atoms with Gasteiger partial charge in [0, 0.05) is 44.0 Å². The number of nitrogens with zero attached hydrogens (tertiary/aromatic N) is 3. The van der Waals surface area contributed by atoms with Gasteiger partial charge in [-0.25, -0.2) is 9.78 Å². The Labute approximate surface area is 141 Å². The third kappa shape index (κ3) is 3.12. The largest absolute Gasteiger partial charge is 0.478 e. The highest BCUT2D eigenvalue weighted by molar-refractivity contribution is 5.88. The van der Waals surface area contributed by atoms with E-state index in [-0.39, 0.29) is 0 Å². The summed E-state index contributed by atoms with van der Waals surface area (Å²) in [6, 6.07) is 11.9. The first-order chi connectivity index (χ1) is 11.7. The molecular formula is C19H21N3O2. The Morgan fingerprint density at radius 3 is 2.17 bits per heavy atom. The Hall–Kier alpha value is -2.40. The number of hydrogen-bond acceptors (Lipinski definition) is 4. The first kappa shape index (κ1) is 15.1. The van der Waals surface area contributed by atoms with Gasteiger partial charge in [-0.2, -0.15) is 0 Å². The fourth-order valence-corrected chi connectivity index (χ4v) is 3.30. The number of benzene rings is 1.